The summed E-state index contributed by atoms with van der Waals surface area (Å²) >= 11 is 0. The lowest BCUT2D eigenvalue weighted by molar-refractivity contribution is -0.0711. The van der Waals surface area contributed by atoms with Crippen molar-refractivity contribution in [3.63, 3.8) is 0 Å². The van der Waals surface area contributed by atoms with Gasteiger partial charge < -0.3 is 9.47 Å². The zero-order valence-corrected chi connectivity index (χ0v) is 12.7. The van der Waals surface area contributed by atoms with E-state index < -0.39 is 0 Å². The molecule has 19 heavy (non-hydrogen) atoms. The maximum absolute atomic E-state index is 5.76. The number of unbranched alkanes of at least 4 members (excludes halogenated alkanes) is 1. The van der Waals surface area contributed by atoms with E-state index in [2.05, 4.69) is 6.92 Å². The average Bonchev–Trinajstić information content (AvgIpc) is 2.92. The Hall–Kier alpha value is -0.0800. The third-order valence-electron chi connectivity index (χ3n) is 5.11. The van der Waals surface area contributed by atoms with Gasteiger partial charge in [0.25, 0.3) is 0 Å². The van der Waals surface area contributed by atoms with E-state index in [4.69, 9.17) is 9.47 Å². The van der Waals surface area contributed by atoms with E-state index in [-0.39, 0.29) is 0 Å². The molecule has 112 valence electrons. The molecule has 0 bridgehead atoms. The monoisotopic (exact) mass is 268 g/mol. The van der Waals surface area contributed by atoms with E-state index in [9.17, 15) is 0 Å². The zero-order chi connectivity index (χ0) is 13.3. The molecule has 0 N–H and O–H groups in total. The summed E-state index contributed by atoms with van der Waals surface area (Å²) in [6.07, 6.45) is 14.0. The van der Waals surface area contributed by atoms with Crippen molar-refractivity contribution >= 4 is 0 Å². The first-order valence-corrected chi connectivity index (χ1v) is 8.57. The van der Waals surface area contributed by atoms with Gasteiger partial charge in [-0.1, -0.05) is 51.9 Å². The van der Waals surface area contributed by atoms with Gasteiger partial charge in [-0.2, -0.15) is 0 Å². The Morgan fingerprint density at radius 2 is 1.74 bits per heavy atom. The van der Waals surface area contributed by atoms with Crippen molar-refractivity contribution in [3.8, 4) is 0 Å². The minimum Gasteiger partial charge on any atom is -0.355 e. The van der Waals surface area contributed by atoms with Crippen molar-refractivity contribution in [3.05, 3.63) is 0 Å². The Morgan fingerprint density at radius 1 is 0.895 bits per heavy atom. The molecule has 2 nitrogen and oxygen atoms in total. The summed E-state index contributed by atoms with van der Waals surface area (Å²) in [7, 11) is 0. The Morgan fingerprint density at radius 3 is 2.53 bits per heavy atom. The highest BCUT2D eigenvalue weighted by atomic mass is 16.7. The first-order valence-electron chi connectivity index (χ1n) is 8.57. The molecule has 0 heterocycles. The van der Waals surface area contributed by atoms with Crippen molar-refractivity contribution < 1.29 is 9.47 Å². The summed E-state index contributed by atoms with van der Waals surface area (Å²) in [4.78, 5) is 0. The Labute approximate surface area is 119 Å². The lowest BCUT2D eigenvalue weighted by Gasteiger charge is -2.31. The Bertz CT molecular complexity index is 223. The van der Waals surface area contributed by atoms with E-state index in [1.807, 2.05) is 0 Å². The Balaban J connectivity index is 1.61. The second-order valence-corrected chi connectivity index (χ2v) is 6.50. The quantitative estimate of drug-likeness (QED) is 0.466. The van der Waals surface area contributed by atoms with Crippen LogP contribution in [-0.2, 0) is 9.47 Å². The van der Waals surface area contributed by atoms with Gasteiger partial charge in [-0.3, -0.25) is 0 Å². The van der Waals surface area contributed by atoms with Crippen LogP contribution in [-0.4, -0.2) is 20.0 Å². The van der Waals surface area contributed by atoms with Crippen LogP contribution in [0.25, 0.3) is 0 Å². The van der Waals surface area contributed by atoms with E-state index in [1.165, 1.54) is 57.8 Å². The molecule has 0 aliphatic heterocycles. The molecule has 2 fully saturated rings. The number of ether oxygens (including phenoxy) is 2. The summed E-state index contributed by atoms with van der Waals surface area (Å²) in [5.41, 5.74) is 0. The lowest BCUT2D eigenvalue weighted by Crippen LogP contribution is -2.24. The van der Waals surface area contributed by atoms with Crippen molar-refractivity contribution in [2.45, 2.75) is 71.1 Å². The minimum atomic E-state index is 0.508. The SMILES string of the molecule is CCCCOCOCC1CCCC1C1CCCCC1. The molecule has 2 aliphatic rings. The van der Waals surface area contributed by atoms with Crippen molar-refractivity contribution in [2.75, 3.05) is 20.0 Å². The molecule has 2 aliphatic carbocycles. The number of hydrogen-bond acceptors (Lipinski definition) is 2. The van der Waals surface area contributed by atoms with Gasteiger partial charge in [0.2, 0.25) is 0 Å². The standard InChI is InChI=1S/C17H32O2/c1-2-3-12-18-14-19-13-16-10-7-11-17(16)15-8-5-4-6-9-15/h15-17H,2-14H2,1H3. The molecule has 0 amide bonds. The molecule has 0 saturated heterocycles. The van der Waals surface area contributed by atoms with Gasteiger partial charge in [0, 0.05) is 6.61 Å². The molecule has 2 heteroatoms. The fourth-order valence-electron chi connectivity index (χ4n) is 4.02. The van der Waals surface area contributed by atoms with E-state index in [0.29, 0.717) is 6.79 Å². The maximum Gasteiger partial charge on any atom is 0.146 e. The first kappa shape index (κ1) is 15.3. The van der Waals surface area contributed by atoms with Crippen LogP contribution in [0.3, 0.4) is 0 Å². The molecule has 2 atom stereocenters. The van der Waals surface area contributed by atoms with Gasteiger partial charge >= 0.3 is 0 Å². The zero-order valence-electron chi connectivity index (χ0n) is 12.7. The van der Waals surface area contributed by atoms with Crippen molar-refractivity contribution in [2.24, 2.45) is 17.8 Å². The lowest BCUT2D eigenvalue weighted by atomic mass is 9.76. The maximum atomic E-state index is 5.76. The van der Waals surface area contributed by atoms with Crippen LogP contribution in [0.2, 0.25) is 0 Å². The van der Waals surface area contributed by atoms with E-state index in [1.54, 1.807) is 0 Å². The van der Waals surface area contributed by atoms with Gasteiger partial charge in [-0.15, -0.1) is 0 Å². The van der Waals surface area contributed by atoms with Gasteiger partial charge in [-0.05, 0) is 37.0 Å². The van der Waals surface area contributed by atoms with E-state index in [0.717, 1.165) is 37.4 Å². The summed E-state index contributed by atoms with van der Waals surface area (Å²) in [6, 6.07) is 0. The van der Waals surface area contributed by atoms with E-state index >= 15 is 0 Å². The van der Waals surface area contributed by atoms with Gasteiger partial charge in [0.15, 0.2) is 0 Å². The second kappa shape index (κ2) is 8.97. The van der Waals surface area contributed by atoms with Crippen LogP contribution in [0, 0.1) is 17.8 Å². The molecule has 0 spiro atoms. The summed E-state index contributed by atoms with van der Waals surface area (Å²) < 4.78 is 11.3. The molecule has 2 saturated carbocycles. The summed E-state index contributed by atoms with van der Waals surface area (Å²) in [5, 5.41) is 0. The molecule has 0 aromatic heterocycles. The molecule has 0 aromatic rings. The van der Waals surface area contributed by atoms with Crippen LogP contribution < -0.4 is 0 Å². The van der Waals surface area contributed by atoms with Crippen LogP contribution in [0.4, 0.5) is 0 Å². The average molecular weight is 268 g/mol. The van der Waals surface area contributed by atoms with Crippen LogP contribution in [0.1, 0.15) is 71.1 Å². The predicted molar refractivity (Wildman–Crippen MR) is 79.1 cm³/mol. The number of hydrogen-bond donors (Lipinski definition) is 0. The summed E-state index contributed by atoms with van der Waals surface area (Å²) in [6.45, 7) is 4.49. The summed E-state index contributed by atoms with van der Waals surface area (Å²) in [5.74, 6) is 2.78. The highest BCUT2D eigenvalue weighted by Crippen LogP contribution is 2.42. The molecular formula is C17H32O2. The number of rotatable bonds is 8. The normalized spacial score (nSPS) is 28.9. The molecule has 2 rings (SSSR count). The second-order valence-electron chi connectivity index (χ2n) is 6.50. The highest BCUT2D eigenvalue weighted by molar-refractivity contribution is 4.84. The topological polar surface area (TPSA) is 18.5 Å². The van der Waals surface area contributed by atoms with Crippen LogP contribution in [0.5, 0.6) is 0 Å². The van der Waals surface area contributed by atoms with Gasteiger partial charge in [0.1, 0.15) is 6.79 Å². The van der Waals surface area contributed by atoms with Crippen molar-refractivity contribution in [1.29, 1.82) is 0 Å². The third-order valence-corrected chi connectivity index (χ3v) is 5.11. The minimum absolute atomic E-state index is 0.508. The van der Waals surface area contributed by atoms with Gasteiger partial charge in [-0.25, -0.2) is 0 Å². The fourth-order valence-corrected chi connectivity index (χ4v) is 4.02. The third kappa shape index (κ3) is 5.07. The molecule has 0 aromatic carbocycles. The molecule has 2 unspecified atom stereocenters. The first-order chi connectivity index (χ1) is 9.42. The smallest absolute Gasteiger partial charge is 0.146 e. The highest BCUT2D eigenvalue weighted by Gasteiger charge is 2.34. The Kier molecular flexibility index (Phi) is 7.23. The fraction of sp³-hybridized carbons (Fsp3) is 1.00. The molecule has 0 radical (unpaired) electrons. The van der Waals surface area contributed by atoms with Crippen LogP contribution in [0.15, 0.2) is 0 Å². The predicted octanol–water partition coefficient (Wildman–Crippen LogP) is 4.77. The molecular weight excluding hydrogens is 236 g/mol. The van der Waals surface area contributed by atoms with Crippen LogP contribution >= 0.6 is 0 Å². The van der Waals surface area contributed by atoms with Gasteiger partial charge in [0.05, 0.1) is 6.61 Å². The van der Waals surface area contributed by atoms with Crippen molar-refractivity contribution in [1.82, 2.24) is 0 Å². The largest absolute Gasteiger partial charge is 0.355 e.